The van der Waals surface area contributed by atoms with E-state index in [1.54, 1.807) is 5.56 Å². The van der Waals surface area contributed by atoms with E-state index in [-0.39, 0.29) is 0 Å². The molecule has 3 unspecified atom stereocenters. The van der Waals surface area contributed by atoms with Crippen molar-refractivity contribution in [3.05, 3.63) is 41.5 Å². The monoisotopic (exact) mass is 199 g/mol. The molecule has 0 bridgehead atoms. The Bertz CT molecular complexity index is 394. The van der Waals surface area contributed by atoms with Gasteiger partial charge in [0.15, 0.2) is 0 Å². The van der Waals surface area contributed by atoms with Gasteiger partial charge in [0.25, 0.3) is 0 Å². The first-order chi connectivity index (χ1) is 7.40. The van der Waals surface area contributed by atoms with Gasteiger partial charge in [-0.15, -0.1) is 0 Å². The Kier molecular flexibility index (Phi) is 2.14. The normalized spacial score (nSPS) is 32.5. The van der Waals surface area contributed by atoms with Crippen LogP contribution in [0, 0.1) is 5.92 Å². The zero-order chi connectivity index (χ0) is 10.3. The van der Waals surface area contributed by atoms with E-state index in [1.165, 1.54) is 18.5 Å². The minimum absolute atomic E-state index is 0.574. The van der Waals surface area contributed by atoms with Gasteiger partial charge in [-0.3, -0.25) is 0 Å². The molecule has 1 N–H and O–H groups in total. The number of hydrogen-bond donors (Lipinski definition) is 1. The second-order valence-electron chi connectivity index (χ2n) is 4.62. The van der Waals surface area contributed by atoms with E-state index in [2.05, 4.69) is 48.7 Å². The van der Waals surface area contributed by atoms with Crippen LogP contribution in [-0.2, 0) is 0 Å². The van der Waals surface area contributed by atoms with E-state index >= 15 is 0 Å². The average Bonchev–Trinajstić information content (AvgIpc) is 2.72. The van der Waals surface area contributed by atoms with Crippen LogP contribution in [-0.4, -0.2) is 12.6 Å². The molecular weight excluding hydrogens is 182 g/mol. The fourth-order valence-electron chi connectivity index (χ4n) is 3.04. The highest BCUT2D eigenvalue weighted by molar-refractivity contribution is 5.60. The zero-order valence-electron chi connectivity index (χ0n) is 9.11. The van der Waals surface area contributed by atoms with Crippen molar-refractivity contribution in [1.82, 2.24) is 5.32 Å². The van der Waals surface area contributed by atoms with Crippen LogP contribution in [0.4, 0.5) is 0 Å². The molecule has 1 aromatic carbocycles. The molecular formula is C14H17N. The summed E-state index contributed by atoms with van der Waals surface area (Å²) in [5.41, 5.74) is 2.96. The minimum atomic E-state index is 0.574. The van der Waals surface area contributed by atoms with Crippen molar-refractivity contribution >= 4 is 6.08 Å². The second-order valence-corrected chi connectivity index (χ2v) is 4.62. The van der Waals surface area contributed by atoms with Gasteiger partial charge in [-0.1, -0.05) is 49.8 Å². The Morgan fingerprint density at radius 1 is 1.33 bits per heavy atom. The summed E-state index contributed by atoms with van der Waals surface area (Å²) in [5.74, 6) is 1.51. The van der Waals surface area contributed by atoms with Crippen LogP contribution in [0.5, 0.6) is 0 Å². The minimum Gasteiger partial charge on any atom is -0.310 e. The predicted molar refractivity (Wildman–Crippen MR) is 63.8 cm³/mol. The van der Waals surface area contributed by atoms with Crippen molar-refractivity contribution in [1.29, 1.82) is 0 Å². The lowest BCUT2D eigenvalue weighted by Gasteiger charge is -2.27. The second kappa shape index (κ2) is 3.49. The first-order valence-corrected chi connectivity index (χ1v) is 5.90. The molecule has 0 spiro atoms. The summed E-state index contributed by atoms with van der Waals surface area (Å²) in [6, 6.07) is 9.40. The van der Waals surface area contributed by atoms with Gasteiger partial charge in [0, 0.05) is 12.0 Å². The molecule has 1 aliphatic carbocycles. The van der Waals surface area contributed by atoms with Crippen LogP contribution in [0.15, 0.2) is 30.3 Å². The highest BCUT2D eigenvalue weighted by atomic mass is 15.0. The number of nitrogens with one attached hydrogen (secondary N) is 1. The van der Waals surface area contributed by atoms with Crippen molar-refractivity contribution in [2.45, 2.75) is 25.3 Å². The molecule has 1 aliphatic heterocycles. The van der Waals surface area contributed by atoms with Gasteiger partial charge >= 0.3 is 0 Å². The van der Waals surface area contributed by atoms with E-state index in [1.807, 2.05) is 0 Å². The fourth-order valence-corrected chi connectivity index (χ4v) is 3.04. The number of benzene rings is 1. The summed E-state index contributed by atoms with van der Waals surface area (Å²) in [4.78, 5) is 0. The molecule has 0 saturated carbocycles. The van der Waals surface area contributed by atoms with Crippen LogP contribution < -0.4 is 5.32 Å². The summed E-state index contributed by atoms with van der Waals surface area (Å²) in [7, 11) is 0. The SMILES string of the molecule is CCC1CNC2C=Cc3ccccc3C12. The molecule has 1 heteroatoms. The summed E-state index contributed by atoms with van der Waals surface area (Å²) in [5, 5.41) is 3.61. The third-order valence-electron chi connectivity index (χ3n) is 3.87. The van der Waals surface area contributed by atoms with Gasteiger partial charge in [0.1, 0.15) is 0 Å². The molecule has 3 atom stereocenters. The summed E-state index contributed by atoms with van der Waals surface area (Å²) >= 11 is 0. The van der Waals surface area contributed by atoms with E-state index in [0.717, 1.165) is 5.92 Å². The van der Waals surface area contributed by atoms with Crippen LogP contribution in [0.1, 0.15) is 30.4 Å². The first-order valence-electron chi connectivity index (χ1n) is 5.90. The first kappa shape index (κ1) is 9.17. The van der Waals surface area contributed by atoms with E-state index in [4.69, 9.17) is 0 Å². The highest BCUT2D eigenvalue weighted by Crippen LogP contribution is 2.40. The number of hydrogen-bond acceptors (Lipinski definition) is 1. The Balaban J connectivity index is 2.07. The topological polar surface area (TPSA) is 12.0 Å². The van der Waals surface area contributed by atoms with Crippen LogP contribution in [0.2, 0.25) is 0 Å². The van der Waals surface area contributed by atoms with Gasteiger partial charge in [-0.25, -0.2) is 0 Å². The summed E-state index contributed by atoms with van der Waals surface area (Å²) < 4.78 is 0. The molecule has 1 fully saturated rings. The van der Waals surface area contributed by atoms with Crippen molar-refractivity contribution in [2.24, 2.45) is 5.92 Å². The average molecular weight is 199 g/mol. The summed E-state index contributed by atoms with van der Waals surface area (Å²) in [6.45, 7) is 3.47. The van der Waals surface area contributed by atoms with Gasteiger partial charge in [-0.2, -0.15) is 0 Å². The fraction of sp³-hybridized carbons (Fsp3) is 0.429. The van der Waals surface area contributed by atoms with Crippen molar-refractivity contribution in [2.75, 3.05) is 6.54 Å². The predicted octanol–water partition coefficient (Wildman–Crippen LogP) is 2.80. The molecule has 2 aliphatic rings. The van der Waals surface area contributed by atoms with Crippen LogP contribution >= 0.6 is 0 Å². The molecule has 1 saturated heterocycles. The van der Waals surface area contributed by atoms with E-state index in [9.17, 15) is 0 Å². The number of fused-ring (bicyclic) bond motifs is 3. The third-order valence-corrected chi connectivity index (χ3v) is 3.87. The lowest BCUT2D eigenvalue weighted by molar-refractivity contribution is 0.482. The molecule has 15 heavy (non-hydrogen) atoms. The van der Waals surface area contributed by atoms with Crippen LogP contribution in [0.25, 0.3) is 6.08 Å². The molecule has 0 radical (unpaired) electrons. The maximum Gasteiger partial charge on any atom is 0.0325 e. The Morgan fingerprint density at radius 3 is 3.07 bits per heavy atom. The third kappa shape index (κ3) is 1.34. The van der Waals surface area contributed by atoms with Gasteiger partial charge in [0.05, 0.1) is 0 Å². The van der Waals surface area contributed by atoms with Crippen molar-refractivity contribution in [3.8, 4) is 0 Å². The zero-order valence-corrected chi connectivity index (χ0v) is 9.11. The van der Waals surface area contributed by atoms with Crippen LogP contribution in [0.3, 0.4) is 0 Å². The standard InChI is InChI=1S/C14H17N/c1-2-10-9-15-13-8-7-11-5-3-4-6-12(11)14(10)13/h3-8,10,13-15H,2,9H2,1H3. The van der Waals surface area contributed by atoms with E-state index in [0.29, 0.717) is 12.0 Å². The molecule has 1 nitrogen and oxygen atoms in total. The number of rotatable bonds is 1. The molecule has 0 amide bonds. The maximum absolute atomic E-state index is 3.61. The molecule has 1 aromatic rings. The smallest absolute Gasteiger partial charge is 0.0325 e. The van der Waals surface area contributed by atoms with Crippen molar-refractivity contribution in [3.63, 3.8) is 0 Å². The lowest BCUT2D eigenvalue weighted by Crippen LogP contribution is -2.26. The molecule has 1 heterocycles. The van der Waals surface area contributed by atoms with E-state index < -0.39 is 0 Å². The quantitative estimate of drug-likeness (QED) is 0.733. The summed E-state index contributed by atoms with van der Waals surface area (Å²) in [6.07, 6.45) is 5.88. The Hall–Kier alpha value is -1.08. The molecule has 0 aromatic heterocycles. The molecule has 78 valence electrons. The largest absolute Gasteiger partial charge is 0.310 e. The Labute approximate surface area is 91.2 Å². The molecule has 3 rings (SSSR count). The Morgan fingerprint density at radius 2 is 2.20 bits per heavy atom. The maximum atomic E-state index is 3.61. The lowest BCUT2D eigenvalue weighted by atomic mass is 9.78. The van der Waals surface area contributed by atoms with Gasteiger partial charge < -0.3 is 5.32 Å². The van der Waals surface area contributed by atoms with Crippen molar-refractivity contribution < 1.29 is 0 Å². The van der Waals surface area contributed by atoms with Gasteiger partial charge in [-0.05, 0) is 23.6 Å². The highest BCUT2D eigenvalue weighted by Gasteiger charge is 2.36. The van der Waals surface area contributed by atoms with Gasteiger partial charge in [0.2, 0.25) is 0 Å².